The van der Waals surface area contributed by atoms with Gasteiger partial charge in [-0.05, 0) is 13.3 Å². The minimum Gasteiger partial charge on any atom is -0.368 e. The van der Waals surface area contributed by atoms with Crippen LogP contribution in [-0.2, 0) is 4.79 Å². The molecular formula is C11H18N4O. The molecule has 0 aromatic carbocycles. The summed E-state index contributed by atoms with van der Waals surface area (Å²) in [7, 11) is 0. The predicted octanol–water partition coefficient (Wildman–Crippen LogP) is 0.877. The number of anilines is 1. The van der Waals surface area contributed by atoms with Gasteiger partial charge in [-0.25, -0.2) is 9.97 Å². The van der Waals surface area contributed by atoms with Crippen molar-refractivity contribution in [2.24, 2.45) is 5.73 Å². The lowest BCUT2D eigenvalue weighted by molar-refractivity contribution is -0.116. The molecule has 0 atom stereocenters. The number of aryl methyl sites for hydroxylation is 1. The first-order chi connectivity index (χ1) is 7.63. The van der Waals surface area contributed by atoms with Crippen LogP contribution in [0, 0.1) is 6.92 Å². The van der Waals surface area contributed by atoms with Crippen molar-refractivity contribution in [1.82, 2.24) is 9.97 Å². The Bertz CT molecular complexity index is 354. The molecule has 1 aromatic heterocycles. The van der Waals surface area contributed by atoms with Crippen LogP contribution in [0.5, 0.6) is 0 Å². The minimum atomic E-state index is -0.340. The van der Waals surface area contributed by atoms with E-state index in [-0.39, 0.29) is 12.5 Å². The van der Waals surface area contributed by atoms with Crippen molar-refractivity contribution in [2.75, 3.05) is 18.0 Å². The second-order valence-corrected chi connectivity index (χ2v) is 3.76. The molecule has 88 valence electrons. The average molecular weight is 222 g/mol. The number of hydrogen-bond acceptors (Lipinski definition) is 4. The minimum absolute atomic E-state index is 0.205. The Kier molecular flexibility index (Phi) is 4.69. The van der Waals surface area contributed by atoms with Crippen molar-refractivity contribution in [2.45, 2.75) is 26.7 Å². The number of carbonyl (C=O) groups is 1. The summed E-state index contributed by atoms with van der Waals surface area (Å²) in [5.41, 5.74) is 6.10. The van der Waals surface area contributed by atoms with Crippen LogP contribution in [0.1, 0.15) is 25.5 Å². The average Bonchev–Trinajstić information content (AvgIpc) is 2.23. The van der Waals surface area contributed by atoms with Gasteiger partial charge in [0, 0.05) is 18.3 Å². The number of nitrogens with zero attached hydrogens (tertiary/aromatic N) is 3. The standard InChI is InChI=1S/C11H18N4O/c1-3-4-5-15(7-10(12)16)11-6-9(2)13-8-14-11/h6,8H,3-5,7H2,1-2H3,(H2,12,16). The van der Waals surface area contributed by atoms with E-state index in [1.807, 2.05) is 17.9 Å². The van der Waals surface area contributed by atoms with E-state index in [4.69, 9.17) is 5.73 Å². The summed E-state index contributed by atoms with van der Waals surface area (Å²) in [6.45, 7) is 4.99. The van der Waals surface area contributed by atoms with E-state index in [2.05, 4.69) is 16.9 Å². The molecule has 0 saturated heterocycles. The number of hydrogen-bond donors (Lipinski definition) is 1. The zero-order chi connectivity index (χ0) is 12.0. The summed E-state index contributed by atoms with van der Waals surface area (Å²) >= 11 is 0. The van der Waals surface area contributed by atoms with Gasteiger partial charge in [0.05, 0.1) is 6.54 Å². The molecule has 5 heteroatoms. The topological polar surface area (TPSA) is 72.1 Å². The Morgan fingerprint density at radius 1 is 1.50 bits per heavy atom. The Morgan fingerprint density at radius 3 is 2.81 bits per heavy atom. The Hall–Kier alpha value is -1.65. The van der Waals surface area contributed by atoms with Gasteiger partial charge in [0.1, 0.15) is 12.1 Å². The molecule has 0 bridgehead atoms. The fraction of sp³-hybridized carbons (Fsp3) is 0.545. The van der Waals surface area contributed by atoms with Crippen molar-refractivity contribution in [3.8, 4) is 0 Å². The van der Waals surface area contributed by atoms with E-state index >= 15 is 0 Å². The fourth-order valence-corrected chi connectivity index (χ4v) is 1.43. The third-order valence-electron chi connectivity index (χ3n) is 2.24. The van der Waals surface area contributed by atoms with E-state index in [1.54, 1.807) is 0 Å². The van der Waals surface area contributed by atoms with Crippen LogP contribution in [0.2, 0.25) is 0 Å². The maximum atomic E-state index is 11.0. The maximum Gasteiger partial charge on any atom is 0.236 e. The number of nitrogens with two attached hydrogens (primary N) is 1. The normalized spacial score (nSPS) is 10.1. The van der Waals surface area contributed by atoms with Gasteiger partial charge in [-0.15, -0.1) is 0 Å². The van der Waals surface area contributed by atoms with E-state index < -0.39 is 0 Å². The molecule has 1 rings (SSSR count). The lowest BCUT2D eigenvalue weighted by Gasteiger charge is -2.21. The van der Waals surface area contributed by atoms with Crippen molar-refractivity contribution < 1.29 is 4.79 Å². The van der Waals surface area contributed by atoms with Gasteiger partial charge in [0.2, 0.25) is 5.91 Å². The van der Waals surface area contributed by atoms with Crippen LogP contribution in [0.4, 0.5) is 5.82 Å². The Morgan fingerprint density at radius 2 is 2.25 bits per heavy atom. The van der Waals surface area contributed by atoms with Crippen LogP contribution in [0.25, 0.3) is 0 Å². The van der Waals surface area contributed by atoms with Crippen molar-refractivity contribution in [3.63, 3.8) is 0 Å². The molecular weight excluding hydrogens is 204 g/mol. The van der Waals surface area contributed by atoms with E-state index in [0.717, 1.165) is 30.9 Å². The highest BCUT2D eigenvalue weighted by atomic mass is 16.1. The quantitative estimate of drug-likeness (QED) is 0.775. The van der Waals surface area contributed by atoms with Crippen LogP contribution in [0.15, 0.2) is 12.4 Å². The van der Waals surface area contributed by atoms with Gasteiger partial charge in [-0.3, -0.25) is 4.79 Å². The highest BCUT2D eigenvalue weighted by Crippen LogP contribution is 2.11. The number of rotatable bonds is 6. The molecule has 0 spiro atoms. The first-order valence-corrected chi connectivity index (χ1v) is 5.45. The van der Waals surface area contributed by atoms with Crippen LogP contribution < -0.4 is 10.6 Å². The lowest BCUT2D eigenvalue weighted by Crippen LogP contribution is -2.35. The van der Waals surface area contributed by atoms with Crippen molar-refractivity contribution >= 4 is 11.7 Å². The molecule has 16 heavy (non-hydrogen) atoms. The third kappa shape index (κ3) is 3.84. The monoisotopic (exact) mass is 222 g/mol. The summed E-state index contributed by atoms with van der Waals surface area (Å²) in [6, 6.07) is 1.86. The predicted molar refractivity (Wildman–Crippen MR) is 63.1 cm³/mol. The molecule has 0 aliphatic carbocycles. The Balaban J connectivity index is 2.78. The lowest BCUT2D eigenvalue weighted by atomic mass is 10.3. The maximum absolute atomic E-state index is 11.0. The summed E-state index contributed by atoms with van der Waals surface area (Å²) in [4.78, 5) is 21.0. The van der Waals surface area contributed by atoms with Crippen LogP contribution in [-0.4, -0.2) is 29.0 Å². The molecule has 1 heterocycles. The number of unbranched alkanes of at least 4 members (excludes halogenated alkanes) is 1. The van der Waals surface area contributed by atoms with Crippen molar-refractivity contribution in [1.29, 1.82) is 0 Å². The molecule has 0 aliphatic rings. The molecule has 0 unspecified atom stereocenters. The highest BCUT2D eigenvalue weighted by Gasteiger charge is 2.10. The number of carbonyl (C=O) groups excluding carboxylic acids is 1. The molecule has 0 saturated carbocycles. The largest absolute Gasteiger partial charge is 0.368 e. The molecule has 2 N–H and O–H groups in total. The first-order valence-electron chi connectivity index (χ1n) is 5.45. The van der Waals surface area contributed by atoms with Crippen LogP contribution >= 0.6 is 0 Å². The summed E-state index contributed by atoms with van der Waals surface area (Å²) in [5, 5.41) is 0. The highest BCUT2D eigenvalue weighted by molar-refractivity contribution is 5.79. The second kappa shape index (κ2) is 6.05. The van der Waals surface area contributed by atoms with E-state index in [9.17, 15) is 4.79 Å². The fourth-order valence-electron chi connectivity index (χ4n) is 1.43. The molecule has 0 radical (unpaired) electrons. The molecule has 0 fully saturated rings. The van der Waals surface area contributed by atoms with E-state index in [0.29, 0.717) is 0 Å². The van der Waals surface area contributed by atoms with Gasteiger partial charge in [0.25, 0.3) is 0 Å². The molecule has 0 aliphatic heterocycles. The van der Waals surface area contributed by atoms with Gasteiger partial charge in [0.15, 0.2) is 0 Å². The zero-order valence-corrected chi connectivity index (χ0v) is 9.81. The van der Waals surface area contributed by atoms with Crippen molar-refractivity contribution in [3.05, 3.63) is 18.1 Å². The number of primary amides is 1. The molecule has 1 aromatic rings. The SMILES string of the molecule is CCCCN(CC(N)=O)c1cc(C)ncn1. The second-order valence-electron chi connectivity index (χ2n) is 3.76. The van der Waals surface area contributed by atoms with Crippen LogP contribution in [0.3, 0.4) is 0 Å². The van der Waals surface area contributed by atoms with E-state index in [1.165, 1.54) is 6.33 Å². The molecule has 5 nitrogen and oxygen atoms in total. The first kappa shape index (κ1) is 12.4. The summed E-state index contributed by atoms with van der Waals surface area (Å²) in [5.74, 6) is 0.423. The number of aromatic nitrogens is 2. The zero-order valence-electron chi connectivity index (χ0n) is 9.81. The Labute approximate surface area is 95.7 Å². The van der Waals surface area contributed by atoms with Gasteiger partial charge >= 0.3 is 0 Å². The summed E-state index contributed by atoms with van der Waals surface area (Å²) < 4.78 is 0. The summed E-state index contributed by atoms with van der Waals surface area (Å²) in [6.07, 6.45) is 3.58. The molecule has 1 amide bonds. The van der Waals surface area contributed by atoms with Gasteiger partial charge in [-0.2, -0.15) is 0 Å². The van der Waals surface area contributed by atoms with Gasteiger partial charge in [-0.1, -0.05) is 13.3 Å². The smallest absolute Gasteiger partial charge is 0.236 e. The third-order valence-corrected chi connectivity index (χ3v) is 2.24. The number of amides is 1. The van der Waals surface area contributed by atoms with Gasteiger partial charge < -0.3 is 10.6 Å².